The Kier molecular flexibility index (Phi) is 2.56. The molecule has 7 heteroatoms. The number of rotatable bonds is 4. The van der Waals surface area contributed by atoms with Crippen LogP contribution in [-0.4, -0.2) is 26.6 Å². The molecule has 0 saturated carbocycles. The van der Waals surface area contributed by atoms with Crippen LogP contribution in [0.15, 0.2) is 35.2 Å². The first kappa shape index (κ1) is 10.6. The van der Waals surface area contributed by atoms with E-state index in [1.165, 1.54) is 0 Å². The van der Waals surface area contributed by atoms with Gasteiger partial charge in [0.05, 0.1) is 17.9 Å². The fourth-order valence-corrected chi connectivity index (χ4v) is 1.77. The van der Waals surface area contributed by atoms with Crippen LogP contribution in [0.3, 0.4) is 0 Å². The van der Waals surface area contributed by atoms with E-state index in [2.05, 4.69) is 20.7 Å². The molecule has 18 heavy (non-hydrogen) atoms. The Morgan fingerprint density at radius 2 is 2.17 bits per heavy atom. The first-order valence-corrected chi connectivity index (χ1v) is 5.56. The summed E-state index contributed by atoms with van der Waals surface area (Å²) in [6, 6.07) is 5.54. The summed E-state index contributed by atoms with van der Waals surface area (Å²) in [6.07, 6.45) is 3.67. The lowest BCUT2D eigenvalue weighted by atomic mass is 10.2. The Morgan fingerprint density at radius 1 is 1.28 bits per heavy atom. The van der Waals surface area contributed by atoms with E-state index in [0.29, 0.717) is 16.7 Å². The van der Waals surface area contributed by atoms with Gasteiger partial charge in [-0.25, -0.2) is 4.63 Å². The summed E-state index contributed by atoms with van der Waals surface area (Å²) in [4.78, 5) is 0. The Balaban J connectivity index is 1.75. The van der Waals surface area contributed by atoms with Crippen LogP contribution in [0, 0.1) is 0 Å². The van der Waals surface area contributed by atoms with Crippen molar-refractivity contribution in [1.29, 1.82) is 0 Å². The molecule has 0 aliphatic heterocycles. The maximum atomic E-state index is 5.77. The number of nitrogens with two attached hydrogens (primary N) is 1. The molecule has 0 aliphatic rings. The minimum Gasteiger partial charge on any atom is -0.397 e. The highest BCUT2D eigenvalue weighted by Crippen LogP contribution is 2.24. The minimum atomic E-state index is 0.559. The van der Waals surface area contributed by atoms with Crippen molar-refractivity contribution in [2.45, 2.75) is 6.54 Å². The predicted octanol–water partition coefficient (Wildman–Crippen LogP) is 1.11. The molecule has 0 amide bonds. The van der Waals surface area contributed by atoms with Gasteiger partial charge >= 0.3 is 0 Å². The first-order chi connectivity index (χ1) is 8.84. The lowest BCUT2D eigenvalue weighted by Crippen LogP contribution is -2.11. The normalized spacial score (nSPS) is 10.9. The van der Waals surface area contributed by atoms with E-state index >= 15 is 0 Å². The number of anilines is 2. The quantitative estimate of drug-likeness (QED) is 0.668. The largest absolute Gasteiger partial charge is 0.397 e. The molecular formula is C11H12N6O. The topological polar surface area (TPSA) is 94.8 Å². The van der Waals surface area contributed by atoms with Crippen molar-refractivity contribution in [2.75, 3.05) is 17.6 Å². The van der Waals surface area contributed by atoms with Gasteiger partial charge in [-0.2, -0.15) is 5.10 Å². The van der Waals surface area contributed by atoms with Gasteiger partial charge in [-0.3, -0.25) is 4.68 Å². The zero-order valence-electron chi connectivity index (χ0n) is 9.58. The number of benzene rings is 1. The van der Waals surface area contributed by atoms with Crippen molar-refractivity contribution >= 4 is 22.4 Å². The second-order valence-corrected chi connectivity index (χ2v) is 3.86. The molecule has 2 heterocycles. The summed E-state index contributed by atoms with van der Waals surface area (Å²) >= 11 is 0. The van der Waals surface area contributed by atoms with Crippen molar-refractivity contribution in [3.8, 4) is 0 Å². The summed E-state index contributed by atoms with van der Waals surface area (Å²) in [5.74, 6) is 0. The smallest absolute Gasteiger partial charge is 0.160 e. The van der Waals surface area contributed by atoms with Crippen LogP contribution in [0.1, 0.15) is 0 Å². The monoisotopic (exact) mass is 244 g/mol. The number of aromatic nitrogens is 4. The first-order valence-electron chi connectivity index (χ1n) is 5.56. The molecule has 0 radical (unpaired) electrons. The summed E-state index contributed by atoms with van der Waals surface area (Å²) < 4.78 is 6.55. The van der Waals surface area contributed by atoms with Crippen LogP contribution in [0.2, 0.25) is 0 Å². The fraction of sp³-hybridized carbons (Fsp3) is 0.182. The van der Waals surface area contributed by atoms with Gasteiger partial charge in [-0.05, 0) is 28.5 Å². The second kappa shape index (κ2) is 4.36. The zero-order chi connectivity index (χ0) is 12.4. The van der Waals surface area contributed by atoms with Crippen LogP contribution in [-0.2, 0) is 6.54 Å². The van der Waals surface area contributed by atoms with Crippen molar-refractivity contribution in [1.82, 2.24) is 20.1 Å². The average molecular weight is 244 g/mol. The van der Waals surface area contributed by atoms with E-state index in [-0.39, 0.29) is 0 Å². The molecule has 0 fully saturated rings. The van der Waals surface area contributed by atoms with E-state index < -0.39 is 0 Å². The van der Waals surface area contributed by atoms with Crippen LogP contribution < -0.4 is 11.1 Å². The fourth-order valence-electron chi connectivity index (χ4n) is 1.77. The molecule has 0 bridgehead atoms. The van der Waals surface area contributed by atoms with Crippen molar-refractivity contribution in [3.05, 3.63) is 30.6 Å². The van der Waals surface area contributed by atoms with Gasteiger partial charge in [-0.15, -0.1) is 0 Å². The van der Waals surface area contributed by atoms with Crippen molar-refractivity contribution < 1.29 is 4.63 Å². The molecule has 0 aliphatic carbocycles. The van der Waals surface area contributed by atoms with Gasteiger partial charge < -0.3 is 11.1 Å². The van der Waals surface area contributed by atoms with Crippen molar-refractivity contribution in [3.63, 3.8) is 0 Å². The Morgan fingerprint density at radius 3 is 3.00 bits per heavy atom. The number of nitrogen functional groups attached to an aromatic ring is 1. The molecule has 92 valence electrons. The number of nitrogens with zero attached hydrogens (tertiary/aromatic N) is 4. The third-order valence-electron chi connectivity index (χ3n) is 2.66. The minimum absolute atomic E-state index is 0.559. The summed E-state index contributed by atoms with van der Waals surface area (Å²) in [6.45, 7) is 1.50. The summed E-state index contributed by atoms with van der Waals surface area (Å²) in [5, 5.41) is 15.0. The number of hydrogen-bond donors (Lipinski definition) is 2. The number of fused-ring (bicyclic) bond motifs is 1. The lowest BCUT2D eigenvalue weighted by molar-refractivity contribution is 0.315. The Hall–Kier alpha value is -2.57. The third kappa shape index (κ3) is 1.86. The predicted molar refractivity (Wildman–Crippen MR) is 66.9 cm³/mol. The summed E-state index contributed by atoms with van der Waals surface area (Å²) in [5.41, 5.74) is 8.42. The molecular weight excluding hydrogens is 232 g/mol. The van der Waals surface area contributed by atoms with Gasteiger partial charge in [0.25, 0.3) is 0 Å². The van der Waals surface area contributed by atoms with Gasteiger partial charge in [-0.1, -0.05) is 0 Å². The highest BCUT2D eigenvalue weighted by atomic mass is 16.6. The van der Waals surface area contributed by atoms with Crippen LogP contribution in [0.5, 0.6) is 0 Å². The number of nitrogens with one attached hydrogen (secondary N) is 1. The molecule has 1 aromatic carbocycles. The van der Waals surface area contributed by atoms with Gasteiger partial charge in [0.15, 0.2) is 11.0 Å². The van der Waals surface area contributed by atoms with E-state index in [4.69, 9.17) is 10.4 Å². The summed E-state index contributed by atoms with van der Waals surface area (Å²) in [7, 11) is 0. The molecule has 0 atom stereocenters. The zero-order valence-corrected chi connectivity index (χ0v) is 9.58. The average Bonchev–Trinajstić information content (AvgIpc) is 3.02. The molecule has 0 saturated heterocycles. The number of hydrogen-bond acceptors (Lipinski definition) is 6. The maximum Gasteiger partial charge on any atom is 0.160 e. The Bertz CT molecular complexity index is 645. The van der Waals surface area contributed by atoms with Crippen LogP contribution >= 0.6 is 0 Å². The molecule has 7 nitrogen and oxygen atoms in total. The molecule has 0 unspecified atom stereocenters. The van der Waals surface area contributed by atoms with E-state index in [0.717, 1.165) is 18.8 Å². The second-order valence-electron chi connectivity index (χ2n) is 3.86. The van der Waals surface area contributed by atoms with Gasteiger partial charge in [0.1, 0.15) is 0 Å². The highest BCUT2D eigenvalue weighted by molar-refractivity contribution is 5.94. The van der Waals surface area contributed by atoms with E-state index in [1.54, 1.807) is 12.3 Å². The maximum absolute atomic E-state index is 5.77. The molecule has 0 spiro atoms. The molecule has 3 N–H and O–H groups in total. The molecule has 3 aromatic rings. The third-order valence-corrected chi connectivity index (χ3v) is 2.66. The van der Waals surface area contributed by atoms with E-state index in [1.807, 2.05) is 23.0 Å². The Labute approximate surface area is 103 Å². The molecule has 2 aromatic heterocycles. The van der Waals surface area contributed by atoms with Crippen molar-refractivity contribution in [2.24, 2.45) is 0 Å². The standard InChI is InChI=1S/C11H12N6O/c12-8-2-3-9(11-10(8)15-18-16-11)13-5-7-17-6-1-4-14-17/h1-4,6,13H,5,7,12H2. The van der Waals surface area contributed by atoms with Gasteiger partial charge in [0, 0.05) is 18.9 Å². The highest BCUT2D eigenvalue weighted by Gasteiger charge is 2.09. The lowest BCUT2D eigenvalue weighted by Gasteiger charge is -2.07. The van der Waals surface area contributed by atoms with E-state index in [9.17, 15) is 0 Å². The van der Waals surface area contributed by atoms with Crippen LogP contribution in [0.25, 0.3) is 11.0 Å². The SMILES string of the molecule is Nc1ccc(NCCn2cccn2)c2nonc12. The molecule has 3 rings (SSSR count). The van der Waals surface area contributed by atoms with Gasteiger partial charge in [0.2, 0.25) is 0 Å². The van der Waals surface area contributed by atoms with Crippen LogP contribution in [0.4, 0.5) is 11.4 Å².